The van der Waals surface area contributed by atoms with Gasteiger partial charge in [-0.2, -0.15) is 0 Å². The Morgan fingerprint density at radius 1 is 1.17 bits per heavy atom. The van der Waals surface area contributed by atoms with Crippen molar-refractivity contribution in [2.45, 2.75) is 12.2 Å². The summed E-state index contributed by atoms with van der Waals surface area (Å²) in [6, 6.07) is 8.88. The number of nitrogens with two attached hydrogens (primary N) is 1. The van der Waals surface area contributed by atoms with Crippen LogP contribution in [-0.2, 0) is 4.79 Å². The smallest absolute Gasteiger partial charge is 0.338 e. The van der Waals surface area contributed by atoms with Crippen molar-refractivity contribution in [1.29, 1.82) is 0 Å². The standard InChI is InChI=1S/C20H15ClFN5O3/c21-14-9-11(5-7-24-14)15(17(23)28)27-16-13(20(29)30)6-8-25-18(16)26-19(27)10-1-3-12(22)4-2-10/h1-9,15,19H,(H2,23,28)(H,25,26)(H,29,30). The molecule has 0 bridgehead atoms. The number of rotatable bonds is 5. The average molecular weight is 428 g/mol. The van der Waals surface area contributed by atoms with E-state index in [-0.39, 0.29) is 22.2 Å². The molecule has 0 saturated heterocycles. The molecule has 0 fully saturated rings. The van der Waals surface area contributed by atoms with Crippen LogP contribution in [0.25, 0.3) is 0 Å². The third-order valence-electron chi connectivity index (χ3n) is 4.76. The molecule has 4 N–H and O–H groups in total. The van der Waals surface area contributed by atoms with Crippen LogP contribution in [0.5, 0.6) is 0 Å². The largest absolute Gasteiger partial charge is 0.478 e. The van der Waals surface area contributed by atoms with Gasteiger partial charge in [0.1, 0.15) is 23.2 Å². The number of halogens is 2. The summed E-state index contributed by atoms with van der Waals surface area (Å²) in [6.45, 7) is 0. The summed E-state index contributed by atoms with van der Waals surface area (Å²) in [7, 11) is 0. The molecule has 0 radical (unpaired) electrons. The molecule has 1 amide bonds. The van der Waals surface area contributed by atoms with Gasteiger partial charge in [-0.05, 0) is 41.5 Å². The highest BCUT2D eigenvalue weighted by atomic mass is 35.5. The third-order valence-corrected chi connectivity index (χ3v) is 4.97. The minimum atomic E-state index is -1.20. The van der Waals surface area contributed by atoms with Gasteiger partial charge in [-0.3, -0.25) is 4.79 Å². The van der Waals surface area contributed by atoms with Crippen molar-refractivity contribution >= 4 is 35.0 Å². The number of benzene rings is 1. The average Bonchev–Trinajstić information content (AvgIpc) is 3.08. The van der Waals surface area contributed by atoms with Crippen LogP contribution in [0.15, 0.2) is 54.9 Å². The molecule has 30 heavy (non-hydrogen) atoms. The second kappa shape index (κ2) is 7.60. The van der Waals surface area contributed by atoms with Crippen LogP contribution < -0.4 is 16.0 Å². The van der Waals surface area contributed by atoms with E-state index in [2.05, 4.69) is 15.3 Å². The number of aromatic carboxylic acids is 1. The highest BCUT2D eigenvalue weighted by molar-refractivity contribution is 6.29. The highest BCUT2D eigenvalue weighted by Gasteiger charge is 2.41. The molecule has 152 valence electrons. The van der Waals surface area contributed by atoms with E-state index in [0.29, 0.717) is 11.1 Å². The lowest BCUT2D eigenvalue weighted by Gasteiger charge is -2.34. The summed E-state index contributed by atoms with van der Waals surface area (Å²) in [5.74, 6) is -2.11. The molecule has 0 saturated carbocycles. The van der Waals surface area contributed by atoms with E-state index in [1.807, 2.05) is 0 Å². The molecule has 2 aromatic heterocycles. The van der Waals surface area contributed by atoms with Crippen LogP contribution in [0.1, 0.15) is 33.7 Å². The maximum atomic E-state index is 13.5. The van der Waals surface area contributed by atoms with Gasteiger partial charge in [-0.25, -0.2) is 19.2 Å². The van der Waals surface area contributed by atoms with Crippen LogP contribution in [-0.4, -0.2) is 27.0 Å². The first kappa shape index (κ1) is 19.6. The number of carbonyl (C=O) groups is 2. The maximum absolute atomic E-state index is 13.5. The van der Waals surface area contributed by atoms with Crippen molar-refractivity contribution in [3.8, 4) is 0 Å². The molecule has 0 aliphatic carbocycles. The number of carboxylic acid groups (broad SMARTS) is 1. The van der Waals surface area contributed by atoms with Crippen molar-refractivity contribution in [2.24, 2.45) is 5.73 Å². The monoisotopic (exact) mass is 427 g/mol. The Hall–Kier alpha value is -3.72. The highest BCUT2D eigenvalue weighted by Crippen LogP contribution is 2.47. The number of pyridine rings is 2. The van der Waals surface area contributed by atoms with E-state index < -0.39 is 29.9 Å². The quantitative estimate of drug-likeness (QED) is 0.535. The van der Waals surface area contributed by atoms with Crippen molar-refractivity contribution in [3.63, 3.8) is 0 Å². The number of nitrogens with zero attached hydrogens (tertiary/aromatic N) is 3. The van der Waals surface area contributed by atoms with Gasteiger partial charge in [0.15, 0.2) is 5.82 Å². The fourth-order valence-corrected chi connectivity index (χ4v) is 3.72. The Kier molecular flexibility index (Phi) is 4.96. The van der Waals surface area contributed by atoms with Crippen LogP contribution in [0.4, 0.5) is 15.9 Å². The molecule has 1 aliphatic heterocycles. The third kappa shape index (κ3) is 3.39. The minimum absolute atomic E-state index is 0.0662. The van der Waals surface area contributed by atoms with Gasteiger partial charge in [0.2, 0.25) is 5.91 Å². The lowest BCUT2D eigenvalue weighted by Crippen LogP contribution is -2.40. The fourth-order valence-electron chi connectivity index (χ4n) is 3.54. The molecule has 2 unspecified atom stereocenters. The molecule has 8 nitrogen and oxygen atoms in total. The van der Waals surface area contributed by atoms with Gasteiger partial charge in [-0.1, -0.05) is 23.7 Å². The predicted octanol–water partition coefficient (Wildman–Crippen LogP) is 3.12. The zero-order valence-electron chi connectivity index (χ0n) is 15.3. The molecule has 0 spiro atoms. The molecule has 1 aromatic carbocycles. The molecule has 10 heteroatoms. The second-order valence-electron chi connectivity index (χ2n) is 6.58. The molecular weight excluding hydrogens is 413 g/mol. The number of nitrogens with one attached hydrogen (secondary N) is 1. The maximum Gasteiger partial charge on any atom is 0.338 e. The number of primary amides is 1. The van der Waals surface area contributed by atoms with Gasteiger partial charge in [-0.15, -0.1) is 0 Å². The van der Waals surface area contributed by atoms with Crippen LogP contribution in [0.2, 0.25) is 5.15 Å². The van der Waals surface area contributed by atoms with Crippen molar-refractivity contribution in [1.82, 2.24) is 9.97 Å². The van der Waals surface area contributed by atoms with Crippen molar-refractivity contribution in [2.75, 3.05) is 10.2 Å². The number of amides is 1. The first-order valence-corrected chi connectivity index (χ1v) is 9.18. The Balaban J connectivity index is 1.94. The number of hydrogen-bond donors (Lipinski definition) is 3. The summed E-state index contributed by atoms with van der Waals surface area (Å²) in [4.78, 5) is 34.1. The zero-order chi connectivity index (χ0) is 21.4. The van der Waals surface area contributed by atoms with Crippen LogP contribution in [0, 0.1) is 5.82 Å². The SMILES string of the molecule is NC(=O)C(c1ccnc(Cl)c1)N1c2c(C(=O)O)ccnc2NC1c1ccc(F)cc1. The molecule has 3 heterocycles. The predicted molar refractivity (Wildman–Crippen MR) is 108 cm³/mol. The van der Waals surface area contributed by atoms with E-state index in [9.17, 15) is 19.1 Å². The number of fused-ring (bicyclic) bond motifs is 1. The van der Waals surface area contributed by atoms with Gasteiger partial charge >= 0.3 is 5.97 Å². The Morgan fingerprint density at radius 2 is 1.87 bits per heavy atom. The van der Waals surface area contributed by atoms with E-state index >= 15 is 0 Å². The molecule has 4 rings (SSSR count). The number of aromatic nitrogens is 2. The Labute approximate surface area is 175 Å². The molecule has 2 atom stereocenters. The van der Waals surface area contributed by atoms with Crippen molar-refractivity contribution in [3.05, 3.63) is 82.5 Å². The number of anilines is 2. The molecule has 1 aliphatic rings. The minimum Gasteiger partial charge on any atom is -0.478 e. The second-order valence-corrected chi connectivity index (χ2v) is 6.97. The number of hydrogen-bond acceptors (Lipinski definition) is 6. The number of carboxylic acids is 1. The van der Waals surface area contributed by atoms with E-state index in [1.165, 1.54) is 53.7 Å². The topological polar surface area (TPSA) is 121 Å². The van der Waals surface area contributed by atoms with Crippen LogP contribution >= 0.6 is 11.6 Å². The van der Waals surface area contributed by atoms with Crippen LogP contribution in [0.3, 0.4) is 0 Å². The fraction of sp³-hybridized carbons (Fsp3) is 0.100. The van der Waals surface area contributed by atoms with E-state index in [4.69, 9.17) is 17.3 Å². The lowest BCUT2D eigenvalue weighted by atomic mass is 10.0. The lowest BCUT2D eigenvalue weighted by molar-refractivity contribution is -0.119. The Morgan fingerprint density at radius 3 is 2.50 bits per heavy atom. The molecular formula is C20H15ClFN5O3. The zero-order valence-corrected chi connectivity index (χ0v) is 16.0. The normalized spacial score (nSPS) is 15.9. The van der Waals surface area contributed by atoms with E-state index in [0.717, 1.165) is 0 Å². The van der Waals surface area contributed by atoms with Gasteiger partial charge < -0.3 is 21.1 Å². The van der Waals surface area contributed by atoms with Gasteiger partial charge in [0.25, 0.3) is 0 Å². The summed E-state index contributed by atoms with van der Waals surface area (Å²) < 4.78 is 13.5. The first-order valence-electron chi connectivity index (χ1n) is 8.80. The number of carbonyl (C=O) groups excluding carboxylic acids is 1. The van der Waals surface area contributed by atoms with Gasteiger partial charge in [0.05, 0.1) is 11.3 Å². The van der Waals surface area contributed by atoms with Crippen molar-refractivity contribution < 1.29 is 19.1 Å². The molecule has 3 aromatic rings. The summed E-state index contributed by atoms with van der Waals surface area (Å²) in [5.41, 5.74) is 6.87. The van der Waals surface area contributed by atoms with Gasteiger partial charge in [0, 0.05) is 12.4 Å². The summed E-state index contributed by atoms with van der Waals surface area (Å²) >= 11 is 6.01. The summed E-state index contributed by atoms with van der Waals surface area (Å²) in [6.07, 6.45) is 2.04. The Bertz CT molecular complexity index is 1140. The first-order chi connectivity index (χ1) is 14.4. The summed E-state index contributed by atoms with van der Waals surface area (Å²) in [5, 5.41) is 13.0. The van der Waals surface area contributed by atoms with E-state index in [1.54, 1.807) is 6.07 Å².